The van der Waals surface area contributed by atoms with E-state index in [0.29, 0.717) is 0 Å². The van der Waals surface area contributed by atoms with Gasteiger partial charge in [-0.3, -0.25) is 0 Å². The fourth-order valence-electron chi connectivity index (χ4n) is 17.9. The van der Waals surface area contributed by atoms with E-state index in [1.807, 2.05) is 47.7 Å². The molecule has 10 heteroatoms. The fraction of sp³-hybridized carbons (Fsp3) is 0.0543. The number of furan rings is 1. The van der Waals surface area contributed by atoms with Crippen LogP contribution in [0.25, 0.3) is 60.6 Å². The molecule has 676 valence electrons. The largest absolute Gasteiger partial charge is 0.456 e. The first-order valence-corrected chi connectivity index (χ1v) is 49.2. The lowest BCUT2D eigenvalue weighted by Gasteiger charge is -2.26. The second-order valence-corrected chi connectivity index (χ2v) is 36.4. The molecule has 4 aromatic heterocycles. The van der Waals surface area contributed by atoms with Crippen molar-refractivity contribution in [3.63, 3.8) is 0 Å². The minimum atomic E-state index is 0.913. The molecule has 19 aromatic carbocycles. The molecule has 0 N–H and O–H groups in total. The quantitative estimate of drug-likeness (QED) is 0.0632. The number of hydrogen-bond acceptors (Lipinski definition) is 9. The second kappa shape index (κ2) is 44.4. The molecule has 23 rings (SSSR count). The highest BCUT2D eigenvalue weighted by Crippen LogP contribution is 2.46. The van der Waals surface area contributed by atoms with Crippen LogP contribution in [0.2, 0.25) is 0 Å². The van der Waals surface area contributed by atoms with Crippen LogP contribution in [0.5, 0.6) is 0 Å². The van der Waals surface area contributed by atoms with Crippen molar-refractivity contribution in [1.82, 2.24) is 4.57 Å². The Balaban J connectivity index is 0.000000115. The second-order valence-electron chi connectivity index (χ2n) is 34.0. The van der Waals surface area contributed by atoms with Gasteiger partial charge in [-0.05, 0) is 304 Å². The molecule has 0 fully saturated rings. The van der Waals surface area contributed by atoms with Gasteiger partial charge in [0.1, 0.15) is 11.2 Å². The lowest BCUT2D eigenvalue weighted by atomic mass is 10.0. The van der Waals surface area contributed by atoms with Gasteiger partial charge < -0.3 is 38.4 Å². The summed E-state index contributed by atoms with van der Waals surface area (Å²) in [6, 6.07) is 188. The summed E-state index contributed by atoms with van der Waals surface area (Å²) in [6.45, 7) is 8.72. The SMILES string of the molecule is CCCCc1ccc(N(c2ccccc2)c2ccc(-c3ccc(N(c4ccccc4)c4ccc(C)cc4)cc3)cc2)cc1.Cc1cc(N(c2ccccc2)c2ccccc2)c(C)s1.c1ccc(N(c2ccccc2)c2ccc3c(c2)c2ccccc2n3-c2ccccc2)cc1.c1ccc(N(c2ccccc2)c2ccc3oc4ccccc4c3c2)cc1.c1ccc(N(c2ccccc2)c2cccs2)cc1. The van der Waals surface area contributed by atoms with Crippen LogP contribution >= 0.6 is 22.7 Å². The summed E-state index contributed by atoms with van der Waals surface area (Å²) in [4.78, 5) is 16.5. The van der Waals surface area contributed by atoms with E-state index in [0.717, 1.165) is 90.9 Å². The monoisotopic (exact) mass is 1830 g/mol. The number of hydrogen-bond donors (Lipinski definition) is 0. The van der Waals surface area contributed by atoms with Crippen LogP contribution in [0.15, 0.2) is 544 Å². The van der Waals surface area contributed by atoms with Crippen LogP contribution in [0, 0.1) is 20.8 Å². The van der Waals surface area contributed by atoms with Gasteiger partial charge >= 0.3 is 0 Å². The number of aryl methyl sites for hydroxylation is 4. The molecule has 0 aliphatic carbocycles. The molecule has 139 heavy (non-hydrogen) atoms. The zero-order chi connectivity index (χ0) is 94.3. The van der Waals surface area contributed by atoms with Crippen LogP contribution in [0.4, 0.5) is 102 Å². The first-order chi connectivity index (χ1) is 68.7. The summed E-state index contributed by atoms with van der Waals surface area (Å²) in [6.07, 6.45) is 3.56. The van der Waals surface area contributed by atoms with Gasteiger partial charge in [0.2, 0.25) is 0 Å². The van der Waals surface area contributed by atoms with E-state index < -0.39 is 0 Å². The number of unbranched alkanes of at least 4 members (excludes halogenated alkanes) is 1. The van der Waals surface area contributed by atoms with Gasteiger partial charge in [0.25, 0.3) is 0 Å². The van der Waals surface area contributed by atoms with Crippen LogP contribution in [-0.2, 0) is 6.42 Å². The summed E-state index contributed by atoms with van der Waals surface area (Å²) in [5.41, 5.74) is 30.2. The Kier molecular flexibility index (Phi) is 29.1. The Hall–Kier alpha value is -17.0. The Morgan fingerprint density at radius 3 is 0.957 bits per heavy atom. The molecule has 0 aliphatic rings. The topological polar surface area (TPSA) is 37.5 Å². The van der Waals surface area contributed by atoms with Gasteiger partial charge in [-0.25, -0.2) is 0 Å². The van der Waals surface area contributed by atoms with Gasteiger partial charge in [-0.15, -0.1) is 22.7 Å². The van der Waals surface area contributed by atoms with E-state index in [1.165, 1.54) is 111 Å². The zero-order valence-corrected chi connectivity index (χ0v) is 80.0. The molecule has 0 saturated carbocycles. The standard InChI is InChI=1S/C41H38N2.C30H22N2.C24H17NO.C18H17NS.C16H13NS/c1-3-4-11-33-18-26-39(27-19-33)43(37-14-9-6-10-15-37)41-30-22-35(23-31-41)34-20-28-40(29-21-34)42(36-12-7-5-8-13-36)38-24-16-32(2)17-25-38;1-4-12-23(13-5-1)31(24-14-6-2-7-15-24)26-20-21-30-28(22-26)27-18-10-11-19-29(27)32(30)25-16-8-3-9-17-25;1-3-9-18(10-4-1)25(19-11-5-2-6-12-19)20-15-16-24-22(17-20)21-13-7-8-14-23(21)26-24;1-14-13-18(15(2)20-14)19(16-9-5-3-6-10-16)17-11-7-4-8-12-17;1-3-8-14(9-4-1)17(16-12-7-13-18-16)15-10-5-2-6-11-15/h5-10,12-31H,3-4,11H2,1-2H3;1-22H;1-17H;3-13H,1-2H3;1-13H. The Morgan fingerprint density at radius 1 is 0.245 bits per heavy atom. The zero-order valence-electron chi connectivity index (χ0n) is 78.4. The minimum Gasteiger partial charge on any atom is -0.456 e. The molecule has 8 nitrogen and oxygen atoms in total. The maximum atomic E-state index is 5.98. The number of nitrogens with zero attached hydrogens (tertiary/aromatic N) is 7. The average Bonchev–Trinajstić information content (AvgIpc) is 1.59. The lowest BCUT2D eigenvalue weighted by Crippen LogP contribution is -2.10. The molecular formula is C129H107N7OS2. The van der Waals surface area contributed by atoms with Crippen LogP contribution < -0.4 is 29.4 Å². The van der Waals surface area contributed by atoms with Crippen molar-refractivity contribution in [3.8, 4) is 16.8 Å². The Morgan fingerprint density at radius 2 is 0.561 bits per heavy atom. The highest BCUT2D eigenvalue weighted by molar-refractivity contribution is 7.14. The first-order valence-electron chi connectivity index (χ1n) is 47.5. The summed E-state index contributed by atoms with van der Waals surface area (Å²) >= 11 is 3.59. The molecule has 0 bridgehead atoms. The molecule has 0 saturated heterocycles. The number of thiophene rings is 2. The average molecular weight is 1840 g/mol. The van der Waals surface area contributed by atoms with Crippen molar-refractivity contribution in [3.05, 3.63) is 560 Å². The maximum Gasteiger partial charge on any atom is 0.135 e. The van der Waals surface area contributed by atoms with Gasteiger partial charge in [-0.2, -0.15) is 0 Å². The van der Waals surface area contributed by atoms with Gasteiger partial charge in [-0.1, -0.05) is 304 Å². The number of anilines is 18. The number of aromatic nitrogens is 1. The number of fused-ring (bicyclic) bond motifs is 6. The van der Waals surface area contributed by atoms with Crippen LogP contribution in [0.3, 0.4) is 0 Å². The normalized spacial score (nSPS) is 10.8. The maximum absolute atomic E-state index is 5.98. The third-order valence-corrected chi connectivity index (χ3v) is 26.4. The van der Waals surface area contributed by atoms with E-state index in [-0.39, 0.29) is 0 Å². The van der Waals surface area contributed by atoms with Crippen LogP contribution in [0.1, 0.15) is 40.6 Å². The molecular weight excluding hydrogens is 1730 g/mol. The summed E-state index contributed by atoms with van der Waals surface area (Å²) in [5, 5.41) is 8.12. The highest BCUT2D eigenvalue weighted by atomic mass is 32.1. The Bertz CT molecular complexity index is 7600. The summed E-state index contributed by atoms with van der Waals surface area (Å²) in [5.74, 6) is 0. The smallest absolute Gasteiger partial charge is 0.135 e. The molecule has 0 atom stereocenters. The van der Waals surface area contributed by atoms with E-state index in [9.17, 15) is 0 Å². The van der Waals surface area contributed by atoms with Gasteiger partial charge in [0.05, 0.1) is 21.7 Å². The van der Waals surface area contributed by atoms with Crippen molar-refractivity contribution in [2.75, 3.05) is 29.4 Å². The third kappa shape index (κ3) is 21.5. The molecule has 0 radical (unpaired) electrons. The van der Waals surface area contributed by atoms with Crippen molar-refractivity contribution in [1.29, 1.82) is 0 Å². The molecule has 0 aliphatic heterocycles. The van der Waals surface area contributed by atoms with Crippen molar-refractivity contribution < 1.29 is 4.42 Å². The van der Waals surface area contributed by atoms with E-state index in [1.54, 1.807) is 11.3 Å². The lowest BCUT2D eigenvalue weighted by molar-refractivity contribution is 0.669. The van der Waals surface area contributed by atoms with E-state index >= 15 is 0 Å². The number of benzene rings is 19. The molecule has 4 heterocycles. The predicted octanol–water partition coefficient (Wildman–Crippen LogP) is 38.3. The first kappa shape index (κ1) is 91.1. The van der Waals surface area contributed by atoms with Crippen molar-refractivity contribution in [2.24, 2.45) is 0 Å². The molecule has 23 aromatic rings. The molecule has 0 spiro atoms. The van der Waals surface area contributed by atoms with Crippen molar-refractivity contribution in [2.45, 2.75) is 47.0 Å². The van der Waals surface area contributed by atoms with Gasteiger partial charge in [0, 0.05) is 128 Å². The summed E-state index contributed by atoms with van der Waals surface area (Å²) < 4.78 is 8.33. The highest BCUT2D eigenvalue weighted by Gasteiger charge is 2.23. The fourth-order valence-corrected chi connectivity index (χ4v) is 19.6. The Labute approximate surface area is 824 Å². The van der Waals surface area contributed by atoms with E-state index in [2.05, 4.69) is 564 Å². The number of rotatable bonds is 23. The van der Waals surface area contributed by atoms with Crippen molar-refractivity contribution >= 4 is 168 Å². The summed E-state index contributed by atoms with van der Waals surface area (Å²) in [7, 11) is 0. The number of para-hydroxylation sites is 13. The van der Waals surface area contributed by atoms with E-state index in [4.69, 9.17) is 4.42 Å². The van der Waals surface area contributed by atoms with Gasteiger partial charge in [0.15, 0.2) is 0 Å². The minimum absolute atomic E-state index is 0.913. The third-order valence-electron chi connectivity index (χ3n) is 24.6. The van der Waals surface area contributed by atoms with Crippen LogP contribution in [-0.4, -0.2) is 4.57 Å². The molecule has 0 amide bonds. The molecule has 0 unspecified atom stereocenters. The predicted molar refractivity (Wildman–Crippen MR) is 596 cm³/mol.